The number of hydrogen-bond acceptors (Lipinski definition) is 15. The van der Waals surface area contributed by atoms with E-state index in [0.717, 1.165) is 114 Å². The molecule has 17 nitrogen and oxygen atoms in total. The molecule has 0 saturated heterocycles. The molecule has 0 fully saturated rings. The molecular weight excluding hydrogens is 1170 g/mol. The SMILES string of the molecule is CCCCCCCCCCC(=O)OC[C@H](COP(=O)(O)OC[C@H](O)COP(=O)(O)OC[C@@H](COC(=O)CCCCCCCCCCCCC(C)CC)OC(=O)CCCCCCCCCCCCC(C)CC)OC(=O)CCCCCCCCCCCCC(C)C. The third kappa shape index (κ3) is 62.0. The number of hydrogen-bond donors (Lipinski definition) is 3. The van der Waals surface area contributed by atoms with Gasteiger partial charge in [-0.05, 0) is 43.4 Å². The molecule has 0 aromatic carbocycles. The van der Waals surface area contributed by atoms with Gasteiger partial charge in [-0.1, -0.05) is 299 Å². The van der Waals surface area contributed by atoms with Crippen molar-refractivity contribution in [3.63, 3.8) is 0 Å². The van der Waals surface area contributed by atoms with Gasteiger partial charge in [0.1, 0.15) is 19.3 Å². The highest BCUT2D eigenvalue weighted by Gasteiger charge is 2.30. The van der Waals surface area contributed by atoms with Gasteiger partial charge in [-0.3, -0.25) is 37.3 Å². The Labute approximate surface area is 543 Å². The maximum Gasteiger partial charge on any atom is 0.472 e. The van der Waals surface area contributed by atoms with Crippen molar-refractivity contribution in [2.75, 3.05) is 39.6 Å². The van der Waals surface area contributed by atoms with Gasteiger partial charge in [0.15, 0.2) is 12.2 Å². The summed E-state index contributed by atoms with van der Waals surface area (Å²) >= 11 is 0. The fraction of sp³-hybridized carbons (Fsp3) is 0.943. The molecular formula is C70H136O17P2. The van der Waals surface area contributed by atoms with Gasteiger partial charge < -0.3 is 33.8 Å². The van der Waals surface area contributed by atoms with Crippen LogP contribution in [-0.2, 0) is 65.4 Å². The molecule has 528 valence electrons. The zero-order valence-corrected chi connectivity index (χ0v) is 59.7. The molecule has 0 saturated carbocycles. The predicted octanol–water partition coefficient (Wildman–Crippen LogP) is 19.8. The van der Waals surface area contributed by atoms with Crippen molar-refractivity contribution in [1.82, 2.24) is 0 Å². The summed E-state index contributed by atoms with van der Waals surface area (Å²) in [5, 5.41) is 10.6. The summed E-state index contributed by atoms with van der Waals surface area (Å²) in [6, 6.07) is 0. The van der Waals surface area contributed by atoms with Crippen LogP contribution in [-0.4, -0.2) is 96.7 Å². The molecule has 0 amide bonds. The summed E-state index contributed by atoms with van der Waals surface area (Å²) in [5.74, 6) is 0.236. The van der Waals surface area contributed by atoms with Crippen molar-refractivity contribution in [3.8, 4) is 0 Å². The summed E-state index contributed by atoms with van der Waals surface area (Å²) in [6.45, 7) is 11.9. The molecule has 19 heteroatoms. The summed E-state index contributed by atoms with van der Waals surface area (Å²) in [5.41, 5.74) is 0. The summed E-state index contributed by atoms with van der Waals surface area (Å²) in [4.78, 5) is 72.5. The largest absolute Gasteiger partial charge is 0.472 e. The predicted molar refractivity (Wildman–Crippen MR) is 358 cm³/mol. The van der Waals surface area contributed by atoms with Crippen LogP contribution >= 0.6 is 15.6 Å². The second-order valence-corrected chi connectivity index (χ2v) is 29.1. The Balaban J connectivity index is 5.25. The van der Waals surface area contributed by atoms with Crippen LogP contribution in [0.15, 0.2) is 0 Å². The van der Waals surface area contributed by atoms with E-state index in [1.54, 1.807) is 0 Å². The van der Waals surface area contributed by atoms with Crippen LogP contribution in [0.25, 0.3) is 0 Å². The van der Waals surface area contributed by atoms with Gasteiger partial charge in [0.2, 0.25) is 0 Å². The maximum absolute atomic E-state index is 13.0. The summed E-state index contributed by atoms with van der Waals surface area (Å²) in [6.07, 6.45) is 44.3. The normalized spacial score (nSPS) is 14.8. The van der Waals surface area contributed by atoms with Gasteiger partial charge in [-0.2, -0.15) is 0 Å². The van der Waals surface area contributed by atoms with Gasteiger partial charge in [-0.25, -0.2) is 9.13 Å². The van der Waals surface area contributed by atoms with Crippen LogP contribution < -0.4 is 0 Å². The number of aliphatic hydroxyl groups excluding tert-OH is 1. The van der Waals surface area contributed by atoms with E-state index < -0.39 is 97.5 Å². The molecule has 0 radical (unpaired) electrons. The Kier molecular flexibility index (Phi) is 59.6. The molecule has 0 rings (SSSR count). The van der Waals surface area contributed by atoms with Crippen LogP contribution in [0.5, 0.6) is 0 Å². The molecule has 0 aromatic rings. The third-order valence-electron chi connectivity index (χ3n) is 16.9. The van der Waals surface area contributed by atoms with E-state index in [0.29, 0.717) is 25.7 Å². The number of aliphatic hydroxyl groups is 1. The van der Waals surface area contributed by atoms with Gasteiger partial charge in [0.25, 0.3) is 0 Å². The van der Waals surface area contributed by atoms with Crippen LogP contribution in [0, 0.1) is 17.8 Å². The zero-order chi connectivity index (χ0) is 65.9. The number of phosphoric ester groups is 2. The molecule has 3 N–H and O–H groups in total. The number of unbranched alkanes of at least 4 members (excludes halogenated alkanes) is 34. The molecule has 7 atom stereocenters. The van der Waals surface area contributed by atoms with E-state index in [4.69, 9.17) is 37.0 Å². The van der Waals surface area contributed by atoms with Gasteiger partial charge in [-0.15, -0.1) is 0 Å². The maximum atomic E-state index is 13.0. The van der Waals surface area contributed by atoms with E-state index >= 15 is 0 Å². The highest BCUT2D eigenvalue weighted by atomic mass is 31.2. The van der Waals surface area contributed by atoms with Crippen molar-refractivity contribution in [3.05, 3.63) is 0 Å². The fourth-order valence-corrected chi connectivity index (χ4v) is 12.1. The minimum atomic E-state index is -4.95. The Hall–Kier alpha value is -1.94. The van der Waals surface area contributed by atoms with E-state index in [-0.39, 0.29) is 25.7 Å². The Morgan fingerprint density at radius 2 is 0.573 bits per heavy atom. The number of rotatable bonds is 68. The first-order valence-electron chi connectivity index (χ1n) is 36.4. The average molecular weight is 1310 g/mol. The smallest absolute Gasteiger partial charge is 0.462 e. The zero-order valence-electron chi connectivity index (χ0n) is 57.9. The Bertz CT molecular complexity index is 1750. The Morgan fingerprint density at radius 1 is 0.326 bits per heavy atom. The lowest BCUT2D eigenvalue weighted by atomic mass is 9.99. The molecule has 0 aliphatic rings. The standard InChI is InChI=1S/C70H136O17P2/c1-8-11-12-13-14-30-37-44-51-67(72)80-57-65(86-69(74)53-46-39-32-25-18-15-21-27-34-41-48-61(4)5)59-84-88(76,77)82-55-64(71)56-83-89(78,79)85-60-66(87-70(75)54-47-40-33-26-20-17-23-29-36-43-50-63(7)10-3)58-81-68(73)52-45-38-31-24-19-16-22-28-35-42-49-62(6)9-2/h61-66,71H,8-60H2,1-7H3,(H,76,77)(H,78,79)/t62?,63?,64-,65+,66+/m0/s1. The number of carbonyl (C=O) groups excluding carboxylic acids is 4. The van der Waals surface area contributed by atoms with Gasteiger partial charge in [0.05, 0.1) is 26.4 Å². The second kappa shape index (κ2) is 61.0. The van der Waals surface area contributed by atoms with Crippen LogP contribution in [0.1, 0.15) is 350 Å². The molecule has 0 bridgehead atoms. The van der Waals surface area contributed by atoms with E-state index in [1.165, 1.54) is 154 Å². The van der Waals surface area contributed by atoms with Crippen LogP contribution in [0.4, 0.5) is 0 Å². The van der Waals surface area contributed by atoms with Gasteiger partial charge >= 0.3 is 39.5 Å². The number of esters is 4. The molecule has 0 aliphatic heterocycles. The van der Waals surface area contributed by atoms with Crippen molar-refractivity contribution >= 4 is 39.5 Å². The number of ether oxygens (including phenoxy) is 4. The molecule has 0 spiro atoms. The average Bonchev–Trinajstić information content (AvgIpc) is 3.51. The minimum absolute atomic E-state index is 0.105. The monoisotopic (exact) mass is 1310 g/mol. The van der Waals surface area contributed by atoms with Crippen molar-refractivity contribution in [1.29, 1.82) is 0 Å². The highest BCUT2D eigenvalue weighted by molar-refractivity contribution is 7.47. The van der Waals surface area contributed by atoms with Crippen molar-refractivity contribution in [2.45, 2.75) is 369 Å². The van der Waals surface area contributed by atoms with Gasteiger partial charge in [0, 0.05) is 25.7 Å². The molecule has 0 aromatic heterocycles. The minimum Gasteiger partial charge on any atom is -0.462 e. The second-order valence-electron chi connectivity index (χ2n) is 26.2. The van der Waals surface area contributed by atoms with Crippen LogP contribution in [0.3, 0.4) is 0 Å². The lowest BCUT2D eigenvalue weighted by molar-refractivity contribution is -0.161. The quantitative estimate of drug-likeness (QED) is 0.0222. The van der Waals surface area contributed by atoms with E-state index in [1.807, 2.05) is 0 Å². The molecule has 0 heterocycles. The van der Waals surface area contributed by atoms with Crippen molar-refractivity contribution in [2.24, 2.45) is 17.8 Å². The molecule has 0 aliphatic carbocycles. The number of carbonyl (C=O) groups is 4. The van der Waals surface area contributed by atoms with E-state index in [9.17, 15) is 43.2 Å². The first-order valence-corrected chi connectivity index (χ1v) is 39.4. The third-order valence-corrected chi connectivity index (χ3v) is 18.8. The highest BCUT2D eigenvalue weighted by Crippen LogP contribution is 2.45. The topological polar surface area (TPSA) is 237 Å². The fourth-order valence-electron chi connectivity index (χ4n) is 10.5. The summed E-state index contributed by atoms with van der Waals surface area (Å²) < 4.78 is 68.2. The molecule has 89 heavy (non-hydrogen) atoms. The molecule has 4 unspecified atom stereocenters. The number of phosphoric acid groups is 2. The van der Waals surface area contributed by atoms with Crippen molar-refractivity contribution < 1.29 is 80.2 Å². The Morgan fingerprint density at radius 3 is 0.854 bits per heavy atom. The van der Waals surface area contributed by atoms with Crippen LogP contribution in [0.2, 0.25) is 0 Å². The first-order chi connectivity index (χ1) is 42.8. The lowest BCUT2D eigenvalue weighted by Crippen LogP contribution is -2.30. The lowest BCUT2D eigenvalue weighted by Gasteiger charge is -2.21. The van der Waals surface area contributed by atoms with E-state index in [2.05, 4.69) is 48.5 Å². The summed E-state index contributed by atoms with van der Waals surface area (Å²) in [7, 11) is -9.90. The first kappa shape index (κ1) is 87.1.